The molecule has 0 aliphatic carbocycles. The number of hydrogen-bond acceptors (Lipinski definition) is 3. The van der Waals surface area contributed by atoms with E-state index in [1.807, 2.05) is 6.92 Å². The smallest absolute Gasteiger partial charge is 0.346 e. The topological polar surface area (TPSA) is 52.3 Å². The minimum atomic E-state index is -0.522. The van der Waals surface area contributed by atoms with Crippen molar-refractivity contribution < 1.29 is 9.53 Å². The van der Waals surface area contributed by atoms with E-state index in [1.165, 1.54) is 6.08 Å². The highest BCUT2D eigenvalue weighted by Crippen LogP contribution is 1.83. The summed E-state index contributed by atoms with van der Waals surface area (Å²) in [6.07, 6.45) is 4.09. The van der Waals surface area contributed by atoms with Crippen LogP contribution in [0, 0.1) is 12.0 Å². The molecule has 0 rings (SSSR count). The maximum absolute atomic E-state index is 10.6. The van der Waals surface area contributed by atoms with Crippen LogP contribution < -0.4 is 5.73 Å². The Bertz CT molecular complexity index is 216. The van der Waals surface area contributed by atoms with Gasteiger partial charge in [0.15, 0.2) is 0 Å². The second kappa shape index (κ2) is 5.36. The lowest BCUT2D eigenvalue weighted by Crippen LogP contribution is -2.00. The van der Waals surface area contributed by atoms with Crippen molar-refractivity contribution in [2.45, 2.75) is 20.3 Å². The standard InChI is InChI=1S/C8H11NO2/c1-3-4-5-11-8(10)6-7(2)9/h6H,3,9H2,1-2H3/b7-6+. The average molecular weight is 153 g/mol. The van der Waals surface area contributed by atoms with Gasteiger partial charge < -0.3 is 10.5 Å². The van der Waals surface area contributed by atoms with Crippen LogP contribution >= 0.6 is 0 Å². The summed E-state index contributed by atoms with van der Waals surface area (Å²) >= 11 is 0. The van der Waals surface area contributed by atoms with E-state index in [2.05, 4.69) is 16.8 Å². The first-order valence-electron chi connectivity index (χ1n) is 3.29. The maximum Gasteiger partial charge on any atom is 0.346 e. The van der Waals surface area contributed by atoms with Gasteiger partial charge in [-0.25, -0.2) is 4.79 Å². The van der Waals surface area contributed by atoms with E-state index in [0.717, 1.165) is 0 Å². The van der Waals surface area contributed by atoms with Crippen LogP contribution in [0.2, 0.25) is 0 Å². The molecule has 0 atom stereocenters. The predicted octanol–water partition coefficient (Wildman–Crippen LogP) is 0.763. The maximum atomic E-state index is 10.6. The van der Waals surface area contributed by atoms with Gasteiger partial charge in [-0.15, -0.1) is 0 Å². The highest BCUT2D eigenvalue weighted by atomic mass is 16.5. The number of ether oxygens (including phenoxy) is 1. The van der Waals surface area contributed by atoms with Crippen LogP contribution in [0.1, 0.15) is 20.3 Å². The van der Waals surface area contributed by atoms with Gasteiger partial charge in [-0.05, 0) is 6.92 Å². The Morgan fingerprint density at radius 2 is 2.36 bits per heavy atom. The SMILES string of the molecule is CCC#COC(=O)/C=C(\C)N. The van der Waals surface area contributed by atoms with Crippen molar-refractivity contribution in [3.05, 3.63) is 11.8 Å². The number of hydrogen-bond donors (Lipinski definition) is 1. The minimum absolute atomic E-state index is 0.410. The molecule has 0 aliphatic heterocycles. The average Bonchev–Trinajstić information content (AvgIpc) is 1.86. The van der Waals surface area contributed by atoms with Crippen molar-refractivity contribution in [3.8, 4) is 12.0 Å². The molecule has 11 heavy (non-hydrogen) atoms. The zero-order chi connectivity index (χ0) is 8.69. The van der Waals surface area contributed by atoms with E-state index < -0.39 is 5.97 Å². The molecule has 3 heteroatoms. The lowest BCUT2D eigenvalue weighted by atomic mass is 10.4. The number of carbonyl (C=O) groups is 1. The van der Waals surface area contributed by atoms with Crippen molar-refractivity contribution in [1.29, 1.82) is 0 Å². The molecule has 0 aromatic rings. The quantitative estimate of drug-likeness (QED) is 0.344. The first kappa shape index (κ1) is 9.57. The van der Waals surface area contributed by atoms with Crippen LogP contribution in [0.4, 0.5) is 0 Å². The summed E-state index contributed by atoms with van der Waals surface area (Å²) in [5.74, 6) is 2.07. The molecule has 0 fully saturated rings. The van der Waals surface area contributed by atoms with E-state index in [-0.39, 0.29) is 0 Å². The Morgan fingerprint density at radius 1 is 1.73 bits per heavy atom. The fraction of sp³-hybridized carbons (Fsp3) is 0.375. The van der Waals surface area contributed by atoms with Gasteiger partial charge in [-0.3, -0.25) is 0 Å². The van der Waals surface area contributed by atoms with E-state index in [0.29, 0.717) is 12.1 Å². The first-order valence-corrected chi connectivity index (χ1v) is 3.29. The van der Waals surface area contributed by atoms with Crippen molar-refractivity contribution in [1.82, 2.24) is 0 Å². The van der Waals surface area contributed by atoms with E-state index in [4.69, 9.17) is 5.73 Å². The Labute approximate surface area is 66.2 Å². The third-order valence-corrected chi connectivity index (χ3v) is 0.746. The van der Waals surface area contributed by atoms with Crippen LogP contribution in [0.3, 0.4) is 0 Å². The third kappa shape index (κ3) is 6.46. The normalized spacial score (nSPS) is 9.82. The monoisotopic (exact) mass is 153 g/mol. The van der Waals surface area contributed by atoms with E-state index in [9.17, 15) is 4.79 Å². The van der Waals surface area contributed by atoms with Gasteiger partial charge in [-0.2, -0.15) is 0 Å². The summed E-state index contributed by atoms with van der Waals surface area (Å²) < 4.78 is 4.44. The molecular formula is C8H11NO2. The molecule has 0 heterocycles. The Hall–Kier alpha value is -1.43. The number of esters is 1. The summed E-state index contributed by atoms with van der Waals surface area (Å²) in [6, 6.07) is 0. The van der Waals surface area contributed by atoms with Crippen LogP contribution in [-0.2, 0) is 9.53 Å². The van der Waals surface area contributed by atoms with Crippen molar-refractivity contribution in [3.63, 3.8) is 0 Å². The molecule has 0 unspecified atom stereocenters. The Kier molecular flexibility index (Phi) is 4.67. The second-order valence-corrected chi connectivity index (χ2v) is 1.94. The van der Waals surface area contributed by atoms with Crippen LogP contribution in [0.15, 0.2) is 11.8 Å². The Morgan fingerprint density at radius 3 is 2.82 bits per heavy atom. The highest BCUT2D eigenvalue weighted by molar-refractivity contribution is 5.83. The molecule has 2 N–H and O–H groups in total. The minimum Gasteiger partial charge on any atom is -0.402 e. The van der Waals surface area contributed by atoms with Crippen molar-refractivity contribution in [2.24, 2.45) is 5.73 Å². The molecule has 0 saturated carbocycles. The fourth-order valence-electron chi connectivity index (χ4n) is 0.374. The van der Waals surface area contributed by atoms with Gasteiger partial charge in [0.25, 0.3) is 0 Å². The Balaban J connectivity index is 3.80. The van der Waals surface area contributed by atoms with E-state index >= 15 is 0 Å². The molecule has 0 aromatic carbocycles. The first-order chi connectivity index (χ1) is 5.16. The molecule has 0 bridgehead atoms. The molecule has 60 valence electrons. The number of allylic oxidation sites excluding steroid dienone is 1. The van der Waals surface area contributed by atoms with Crippen molar-refractivity contribution >= 4 is 5.97 Å². The van der Waals surface area contributed by atoms with Gasteiger partial charge in [0.05, 0.1) is 0 Å². The zero-order valence-electron chi connectivity index (χ0n) is 6.68. The lowest BCUT2D eigenvalue weighted by molar-refractivity contribution is -0.131. The summed E-state index contributed by atoms with van der Waals surface area (Å²) in [5, 5.41) is 0. The van der Waals surface area contributed by atoms with Crippen molar-refractivity contribution in [2.75, 3.05) is 0 Å². The molecule has 0 saturated heterocycles. The number of rotatable bonds is 1. The van der Waals surface area contributed by atoms with Gasteiger partial charge in [0.1, 0.15) is 6.11 Å². The second-order valence-electron chi connectivity index (χ2n) is 1.94. The summed E-state index contributed by atoms with van der Waals surface area (Å²) in [5.41, 5.74) is 5.62. The molecule has 0 aromatic heterocycles. The van der Waals surface area contributed by atoms with Gasteiger partial charge in [0.2, 0.25) is 0 Å². The molecule has 0 radical (unpaired) electrons. The van der Waals surface area contributed by atoms with Gasteiger partial charge in [0, 0.05) is 18.2 Å². The summed E-state index contributed by atoms with van der Waals surface area (Å²) in [6.45, 7) is 3.47. The summed E-state index contributed by atoms with van der Waals surface area (Å²) in [7, 11) is 0. The van der Waals surface area contributed by atoms with Crippen LogP contribution in [0.5, 0.6) is 0 Å². The lowest BCUT2D eigenvalue weighted by Gasteiger charge is -1.88. The molecular weight excluding hydrogens is 142 g/mol. The van der Waals surface area contributed by atoms with Crippen LogP contribution in [0.25, 0.3) is 0 Å². The van der Waals surface area contributed by atoms with E-state index in [1.54, 1.807) is 6.92 Å². The zero-order valence-corrected chi connectivity index (χ0v) is 6.68. The molecule has 0 amide bonds. The highest BCUT2D eigenvalue weighted by Gasteiger charge is 1.93. The predicted molar refractivity (Wildman–Crippen MR) is 42.1 cm³/mol. The number of carbonyl (C=O) groups excluding carboxylic acids is 1. The van der Waals surface area contributed by atoms with Crippen LogP contribution in [-0.4, -0.2) is 5.97 Å². The molecule has 0 aliphatic rings. The van der Waals surface area contributed by atoms with Gasteiger partial charge in [-0.1, -0.05) is 12.8 Å². The summed E-state index contributed by atoms with van der Waals surface area (Å²) in [4.78, 5) is 10.6. The fourth-order valence-corrected chi connectivity index (χ4v) is 0.374. The third-order valence-electron chi connectivity index (χ3n) is 0.746. The largest absolute Gasteiger partial charge is 0.402 e. The molecule has 0 spiro atoms. The number of nitrogens with two attached hydrogens (primary N) is 1. The molecule has 3 nitrogen and oxygen atoms in total. The van der Waals surface area contributed by atoms with Gasteiger partial charge >= 0.3 is 5.97 Å².